The van der Waals surface area contributed by atoms with E-state index in [9.17, 15) is 5.11 Å². The van der Waals surface area contributed by atoms with Crippen LogP contribution in [-0.2, 0) is 13.1 Å². The standard InChI is InChI=1S/C26H33BrN2O.C2H6/c1-4-6-8-24-22(17-20(3)26(30)25(24)7-5-2)19-29-15-13-28(14-16-29)18-21-9-11-23(27)12-10-21;1-2/h4,6-12,17,30H,5,13-16,18-19H2,1-3H3;1-2H3/b6-4-,24-8-,25-7-;. The lowest BCUT2D eigenvalue weighted by Gasteiger charge is -2.35. The minimum Gasteiger partial charge on any atom is -0.507 e. The van der Waals surface area contributed by atoms with Gasteiger partial charge in [0.1, 0.15) is 5.75 Å². The Labute approximate surface area is 202 Å². The van der Waals surface area contributed by atoms with Gasteiger partial charge in [0.25, 0.3) is 0 Å². The van der Waals surface area contributed by atoms with E-state index in [1.54, 1.807) is 0 Å². The lowest BCUT2D eigenvalue weighted by atomic mass is 10.0. The van der Waals surface area contributed by atoms with Crippen molar-refractivity contribution in [3.8, 4) is 5.75 Å². The van der Waals surface area contributed by atoms with Crippen LogP contribution in [0.1, 0.15) is 50.8 Å². The van der Waals surface area contributed by atoms with E-state index in [4.69, 9.17) is 0 Å². The van der Waals surface area contributed by atoms with Crippen LogP contribution in [0, 0.1) is 6.92 Å². The first-order valence-corrected chi connectivity index (χ1v) is 12.6. The van der Waals surface area contributed by atoms with Crippen molar-refractivity contribution in [2.45, 2.75) is 54.1 Å². The maximum atomic E-state index is 10.6. The summed E-state index contributed by atoms with van der Waals surface area (Å²) in [5.74, 6) is 0.413. The van der Waals surface area contributed by atoms with Crippen LogP contribution in [0.3, 0.4) is 0 Å². The van der Waals surface area contributed by atoms with E-state index in [-0.39, 0.29) is 0 Å². The predicted molar refractivity (Wildman–Crippen MR) is 142 cm³/mol. The molecule has 3 rings (SSSR count). The minimum absolute atomic E-state index is 0.413. The first-order valence-electron chi connectivity index (χ1n) is 11.9. The van der Waals surface area contributed by atoms with Crippen LogP contribution >= 0.6 is 15.9 Å². The molecule has 0 atom stereocenters. The van der Waals surface area contributed by atoms with E-state index in [0.717, 1.165) is 66.2 Å². The zero-order valence-corrected chi connectivity index (χ0v) is 22.0. The van der Waals surface area contributed by atoms with Crippen LogP contribution in [0.2, 0.25) is 0 Å². The SMILES string of the molecule is CC.C\C=C/C=c1/c(CN2CCN(Cc3ccc(Br)cc3)CC2)cc(C)c(O)/c1=C\CC. The molecule has 0 spiro atoms. The third-order valence-corrected chi connectivity index (χ3v) is 6.23. The van der Waals surface area contributed by atoms with Gasteiger partial charge in [-0.1, -0.05) is 79.2 Å². The number of rotatable bonds is 6. The molecule has 1 heterocycles. The molecule has 4 heteroatoms. The van der Waals surface area contributed by atoms with Gasteiger partial charge in [-0.15, -0.1) is 0 Å². The molecule has 32 heavy (non-hydrogen) atoms. The third-order valence-electron chi connectivity index (χ3n) is 5.70. The number of hydrogen-bond acceptors (Lipinski definition) is 3. The second-order valence-corrected chi connectivity index (χ2v) is 8.93. The normalized spacial score (nSPS) is 16.4. The van der Waals surface area contributed by atoms with Crippen molar-refractivity contribution in [1.29, 1.82) is 0 Å². The summed E-state index contributed by atoms with van der Waals surface area (Å²) in [6.45, 7) is 16.4. The molecule has 1 saturated heterocycles. The molecule has 0 radical (unpaired) electrons. The molecular formula is C28H39BrN2O. The number of phenolic OH excluding ortho intramolecular Hbond substituents is 1. The largest absolute Gasteiger partial charge is 0.507 e. The summed E-state index contributed by atoms with van der Waals surface area (Å²) in [5, 5.41) is 12.8. The number of aromatic hydroxyl groups is 1. The van der Waals surface area contributed by atoms with Crippen LogP contribution < -0.4 is 10.4 Å². The Balaban J connectivity index is 0.00000176. The van der Waals surface area contributed by atoms with Crippen LogP contribution in [-0.4, -0.2) is 41.1 Å². The quantitative estimate of drug-likeness (QED) is 0.580. The number of benzene rings is 2. The molecule has 0 aromatic heterocycles. The molecule has 0 aliphatic carbocycles. The number of aryl methyl sites for hydroxylation is 1. The van der Waals surface area contributed by atoms with Gasteiger partial charge < -0.3 is 5.11 Å². The zero-order valence-electron chi connectivity index (χ0n) is 20.4. The Hall–Kier alpha value is -1.88. The number of phenols is 1. The Morgan fingerprint density at radius 1 is 0.969 bits per heavy atom. The van der Waals surface area contributed by atoms with E-state index in [0.29, 0.717) is 5.75 Å². The second-order valence-electron chi connectivity index (χ2n) is 8.01. The van der Waals surface area contributed by atoms with Crippen molar-refractivity contribution < 1.29 is 5.11 Å². The van der Waals surface area contributed by atoms with E-state index in [2.05, 4.69) is 81.2 Å². The lowest BCUT2D eigenvalue weighted by Crippen LogP contribution is -2.46. The summed E-state index contributed by atoms with van der Waals surface area (Å²) in [6, 6.07) is 10.8. The highest BCUT2D eigenvalue weighted by molar-refractivity contribution is 9.10. The Kier molecular flexibility index (Phi) is 11.2. The van der Waals surface area contributed by atoms with Gasteiger partial charge >= 0.3 is 0 Å². The van der Waals surface area contributed by atoms with Crippen molar-refractivity contribution in [1.82, 2.24) is 9.80 Å². The average Bonchev–Trinajstić information content (AvgIpc) is 2.81. The van der Waals surface area contributed by atoms with Crippen molar-refractivity contribution in [3.63, 3.8) is 0 Å². The lowest BCUT2D eigenvalue weighted by molar-refractivity contribution is 0.122. The smallest absolute Gasteiger partial charge is 0.126 e. The molecule has 2 aromatic carbocycles. The average molecular weight is 500 g/mol. The number of hydrogen-bond donors (Lipinski definition) is 1. The van der Waals surface area contributed by atoms with Gasteiger partial charge in [-0.05, 0) is 54.3 Å². The van der Waals surface area contributed by atoms with Gasteiger partial charge in [0.15, 0.2) is 0 Å². The fourth-order valence-electron chi connectivity index (χ4n) is 4.05. The molecule has 1 aliphatic heterocycles. The molecule has 2 aromatic rings. The Morgan fingerprint density at radius 2 is 1.56 bits per heavy atom. The highest BCUT2D eigenvalue weighted by Crippen LogP contribution is 2.15. The number of halogens is 1. The van der Waals surface area contributed by atoms with Gasteiger partial charge in [0.2, 0.25) is 0 Å². The van der Waals surface area contributed by atoms with E-state index in [1.165, 1.54) is 11.1 Å². The molecule has 3 nitrogen and oxygen atoms in total. The first-order chi connectivity index (χ1) is 15.5. The van der Waals surface area contributed by atoms with Crippen LogP contribution in [0.25, 0.3) is 12.2 Å². The summed E-state index contributed by atoms with van der Waals surface area (Å²) in [4.78, 5) is 5.07. The van der Waals surface area contributed by atoms with Crippen LogP contribution in [0.5, 0.6) is 5.75 Å². The third kappa shape index (κ3) is 7.33. The van der Waals surface area contributed by atoms with Crippen molar-refractivity contribution in [2.75, 3.05) is 26.2 Å². The van der Waals surface area contributed by atoms with Crippen LogP contribution in [0.4, 0.5) is 0 Å². The van der Waals surface area contributed by atoms with E-state index < -0.39 is 0 Å². The van der Waals surface area contributed by atoms with E-state index >= 15 is 0 Å². The van der Waals surface area contributed by atoms with Gasteiger partial charge in [-0.25, -0.2) is 0 Å². The highest BCUT2D eigenvalue weighted by Gasteiger charge is 2.18. The molecule has 1 N–H and O–H groups in total. The molecular weight excluding hydrogens is 460 g/mol. The van der Waals surface area contributed by atoms with Gasteiger partial charge in [0.05, 0.1) is 0 Å². The van der Waals surface area contributed by atoms with Gasteiger partial charge in [0, 0.05) is 49.0 Å². The number of nitrogens with zero attached hydrogens (tertiary/aromatic N) is 2. The maximum absolute atomic E-state index is 10.6. The second kappa shape index (κ2) is 13.6. The fourth-order valence-corrected chi connectivity index (χ4v) is 4.31. The molecule has 0 bridgehead atoms. The Bertz CT molecular complexity index is 988. The molecule has 0 amide bonds. The van der Waals surface area contributed by atoms with Crippen molar-refractivity contribution in [3.05, 3.63) is 74.1 Å². The number of allylic oxidation sites excluding steroid dienone is 2. The topological polar surface area (TPSA) is 26.7 Å². The summed E-state index contributed by atoms with van der Waals surface area (Å²) in [5.41, 5.74) is 3.62. The molecule has 1 fully saturated rings. The van der Waals surface area contributed by atoms with Crippen LogP contribution in [0.15, 0.2) is 47.0 Å². The summed E-state index contributed by atoms with van der Waals surface area (Å²) in [7, 11) is 0. The summed E-state index contributed by atoms with van der Waals surface area (Å²) in [6.07, 6.45) is 9.28. The fraction of sp³-hybridized carbons (Fsp3) is 0.429. The molecule has 0 unspecified atom stereocenters. The maximum Gasteiger partial charge on any atom is 0.126 e. The molecule has 1 aliphatic rings. The van der Waals surface area contributed by atoms with Gasteiger partial charge in [-0.3, -0.25) is 9.80 Å². The minimum atomic E-state index is 0.413. The van der Waals surface area contributed by atoms with Gasteiger partial charge in [-0.2, -0.15) is 0 Å². The predicted octanol–water partition coefficient (Wildman–Crippen LogP) is 5.35. The summed E-state index contributed by atoms with van der Waals surface area (Å²) >= 11 is 3.51. The highest BCUT2D eigenvalue weighted by atomic mass is 79.9. The van der Waals surface area contributed by atoms with E-state index in [1.807, 2.05) is 33.8 Å². The monoisotopic (exact) mass is 498 g/mol. The first kappa shape index (κ1) is 26.4. The zero-order chi connectivity index (χ0) is 23.5. The number of piperazine rings is 1. The van der Waals surface area contributed by atoms with Crippen molar-refractivity contribution >= 4 is 28.1 Å². The summed E-state index contributed by atoms with van der Waals surface area (Å²) < 4.78 is 1.13. The molecule has 0 saturated carbocycles. The Morgan fingerprint density at radius 3 is 2.12 bits per heavy atom. The molecule has 174 valence electrons. The van der Waals surface area contributed by atoms with Crippen molar-refractivity contribution in [2.24, 2.45) is 0 Å².